The molecule has 0 saturated heterocycles. The van der Waals surface area contributed by atoms with E-state index in [0.29, 0.717) is 5.92 Å². The molecule has 1 aromatic heterocycles. The third-order valence-corrected chi connectivity index (χ3v) is 2.88. The summed E-state index contributed by atoms with van der Waals surface area (Å²) in [5, 5.41) is 14.5. The van der Waals surface area contributed by atoms with Crippen LogP contribution in [-0.4, -0.2) is 10.1 Å². The van der Waals surface area contributed by atoms with Gasteiger partial charge in [0.05, 0.1) is 4.92 Å². The molecule has 1 aliphatic rings. The zero-order chi connectivity index (χ0) is 11.8. The van der Waals surface area contributed by atoms with E-state index in [2.05, 4.69) is 5.16 Å². The van der Waals surface area contributed by atoms with Crippen LogP contribution in [0.5, 0.6) is 0 Å². The Balaban J connectivity index is 1.89. The van der Waals surface area contributed by atoms with Gasteiger partial charge in [-0.05, 0) is 25.0 Å². The van der Waals surface area contributed by atoms with Gasteiger partial charge in [-0.15, -0.1) is 0 Å². The second-order valence-corrected chi connectivity index (χ2v) is 4.19. The Morgan fingerprint density at radius 3 is 2.59 bits per heavy atom. The Hall–Kier alpha value is -2.17. The Labute approximate surface area is 97.2 Å². The first-order chi connectivity index (χ1) is 8.24. The lowest BCUT2D eigenvalue weighted by Crippen LogP contribution is -1.87. The number of non-ortho nitro benzene ring substituents is 1. The van der Waals surface area contributed by atoms with E-state index in [0.717, 1.165) is 29.9 Å². The lowest BCUT2D eigenvalue weighted by atomic mass is 10.1. The molecule has 1 aliphatic carbocycles. The van der Waals surface area contributed by atoms with Crippen LogP contribution in [0, 0.1) is 10.1 Å². The molecule has 86 valence electrons. The number of benzene rings is 1. The largest absolute Gasteiger partial charge is 0.360 e. The van der Waals surface area contributed by atoms with Crippen molar-refractivity contribution in [3.63, 3.8) is 0 Å². The number of rotatable bonds is 3. The Bertz CT molecular complexity index is 555. The summed E-state index contributed by atoms with van der Waals surface area (Å²) < 4.78 is 5.24. The molecule has 3 rings (SSSR count). The van der Waals surface area contributed by atoms with Crippen LogP contribution in [0.1, 0.15) is 24.5 Å². The van der Waals surface area contributed by atoms with E-state index in [1.807, 2.05) is 6.07 Å². The zero-order valence-electron chi connectivity index (χ0n) is 9.00. The summed E-state index contributed by atoms with van der Waals surface area (Å²) in [6, 6.07) is 8.24. The SMILES string of the molecule is O=[N+]([O-])c1ccc(-c2cc(C3CC3)on2)cc1. The molecule has 1 heterocycles. The maximum Gasteiger partial charge on any atom is 0.269 e. The fourth-order valence-electron chi connectivity index (χ4n) is 1.74. The standard InChI is InChI=1S/C12H10N2O3/c15-14(16)10-5-3-8(4-6-10)11-7-12(17-13-11)9-1-2-9/h3-7,9H,1-2H2. The van der Waals surface area contributed by atoms with Crippen LogP contribution in [-0.2, 0) is 0 Å². The van der Waals surface area contributed by atoms with Crippen molar-refractivity contribution in [3.8, 4) is 11.3 Å². The molecule has 0 aliphatic heterocycles. The summed E-state index contributed by atoms with van der Waals surface area (Å²) in [6.45, 7) is 0. The van der Waals surface area contributed by atoms with Gasteiger partial charge in [-0.1, -0.05) is 5.16 Å². The second-order valence-electron chi connectivity index (χ2n) is 4.19. The van der Waals surface area contributed by atoms with Crippen LogP contribution in [0.15, 0.2) is 34.9 Å². The summed E-state index contributed by atoms with van der Waals surface area (Å²) in [6.07, 6.45) is 2.32. The van der Waals surface area contributed by atoms with Crippen molar-refractivity contribution in [1.82, 2.24) is 5.16 Å². The average Bonchev–Trinajstić information content (AvgIpc) is 3.07. The van der Waals surface area contributed by atoms with Gasteiger partial charge in [0.2, 0.25) is 0 Å². The minimum Gasteiger partial charge on any atom is -0.360 e. The first-order valence-corrected chi connectivity index (χ1v) is 5.45. The Kier molecular flexibility index (Phi) is 2.18. The average molecular weight is 230 g/mol. The van der Waals surface area contributed by atoms with Gasteiger partial charge in [-0.25, -0.2) is 0 Å². The van der Waals surface area contributed by atoms with Crippen LogP contribution < -0.4 is 0 Å². The van der Waals surface area contributed by atoms with Gasteiger partial charge in [0.25, 0.3) is 5.69 Å². The fourth-order valence-corrected chi connectivity index (χ4v) is 1.74. The minimum absolute atomic E-state index is 0.0830. The molecule has 5 nitrogen and oxygen atoms in total. The maximum absolute atomic E-state index is 10.5. The number of hydrogen-bond acceptors (Lipinski definition) is 4. The summed E-state index contributed by atoms with van der Waals surface area (Å²) in [7, 11) is 0. The van der Waals surface area contributed by atoms with Crippen LogP contribution in [0.3, 0.4) is 0 Å². The van der Waals surface area contributed by atoms with E-state index in [4.69, 9.17) is 4.52 Å². The first kappa shape index (κ1) is 10.0. The quantitative estimate of drug-likeness (QED) is 0.600. The molecule has 1 aromatic carbocycles. The molecule has 5 heteroatoms. The van der Waals surface area contributed by atoms with Crippen LogP contribution in [0.2, 0.25) is 0 Å². The Morgan fingerprint density at radius 2 is 2.00 bits per heavy atom. The molecule has 0 unspecified atom stereocenters. The van der Waals surface area contributed by atoms with Crippen molar-refractivity contribution >= 4 is 5.69 Å². The molecule has 2 aromatic rings. The summed E-state index contributed by atoms with van der Waals surface area (Å²) in [4.78, 5) is 10.1. The summed E-state index contributed by atoms with van der Waals surface area (Å²) in [5.41, 5.74) is 1.66. The highest BCUT2D eigenvalue weighted by atomic mass is 16.6. The van der Waals surface area contributed by atoms with Crippen molar-refractivity contribution in [2.24, 2.45) is 0 Å². The minimum atomic E-state index is -0.414. The van der Waals surface area contributed by atoms with Gasteiger partial charge in [0, 0.05) is 29.7 Å². The van der Waals surface area contributed by atoms with Gasteiger partial charge in [0.1, 0.15) is 11.5 Å². The van der Waals surface area contributed by atoms with Gasteiger partial charge >= 0.3 is 0 Å². The van der Waals surface area contributed by atoms with Gasteiger partial charge in [-0.3, -0.25) is 10.1 Å². The monoisotopic (exact) mass is 230 g/mol. The normalized spacial score (nSPS) is 14.8. The van der Waals surface area contributed by atoms with Crippen LogP contribution >= 0.6 is 0 Å². The molecule has 0 atom stereocenters. The number of hydrogen-bond donors (Lipinski definition) is 0. The van der Waals surface area contributed by atoms with Crippen LogP contribution in [0.25, 0.3) is 11.3 Å². The molecular weight excluding hydrogens is 220 g/mol. The van der Waals surface area contributed by atoms with E-state index in [9.17, 15) is 10.1 Å². The van der Waals surface area contributed by atoms with E-state index >= 15 is 0 Å². The second kappa shape index (κ2) is 3.69. The van der Waals surface area contributed by atoms with Crippen molar-refractivity contribution in [3.05, 3.63) is 46.2 Å². The zero-order valence-corrected chi connectivity index (χ0v) is 9.00. The summed E-state index contributed by atoms with van der Waals surface area (Å²) >= 11 is 0. The molecule has 0 spiro atoms. The highest BCUT2D eigenvalue weighted by Crippen LogP contribution is 2.41. The lowest BCUT2D eigenvalue weighted by Gasteiger charge is -1.94. The third-order valence-electron chi connectivity index (χ3n) is 2.88. The Morgan fingerprint density at radius 1 is 1.29 bits per heavy atom. The van der Waals surface area contributed by atoms with Crippen molar-refractivity contribution < 1.29 is 9.45 Å². The molecule has 1 saturated carbocycles. The smallest absolute Gasteiger partial charge is 0.269 e. The highest BCUT2D eigenvalue weighted by Gasteiger charge is 2.28. The highest BCUT2D eigenvalue weighted by molar-refractivity contribution is 5.60. The molecular formula is C12H10N2O3. The number of nitro benzene ring substituents is 1. The van der Waals surface area contributed by atoms with Gasteiger partial charge in [-0.2, -0.15) is 0 Å². The molecule has 0 radical (unpaired) electrons. The molecule has 0 amide bonds. The predicted octanol–water partition coefficient (Wildman–Crippen LogP) is 3.13. The van der Waals surface area contributed by atoms with Crippen molar-refractivity contribution in [2.45, 2.75) is 18.8 Å². The lowest BCUT2D eigenvalue weighted by molar-refractivity contribution is -0.384. The maximum atomic E-state index is 10.5. The molecule has 17 heavy (non-hydrogen) atoms. The van der Waals surface area contributed by atoms with Crippen molar-refractivity contribution in [1.29, 1.82) is 0 Å². The number of nitrogens with zero attached hydrogens (tertiary/aromatic N) is 2. The van der Waals surface area contributed by atoms with Gasteiger partial charge in [0.15, 0.2) is 0 Å². The fraction of sp³-hybridized carbons (Fsp3) is 0.250. The molecule has 1 fully saturated rings. The number of aromatic nitrogens is 1. The summed E-state index contributed by atoms with van der Waals surface area (Å²) in [5.74, 6) is 1.44. The van der Waals surface area contributed by atoms with E-state index in [1.165, 1.54) is 12.1 Å². The van der Waals surface area contributed by atoms with Crippen LogP contribution in [0.4, 0.5) is 5.69 Å². The van der Waals surface area contributed by atoms with E-state index < -0.39 is 4.92 Å². The molecule has 0 N–H and O–H groups in total. The predicted molar refractivity (Wildman–Crippen MR) is 60.6 cm³/mol. The molecule has 0 bridgehead atoms. The van der Waals surface area contributed by atoms with E-state index in [-0.39, 0.29) is 5.69 Å². The number of nitro groups is 1. The van der Waals surface area contributed by atoms with E-state index in [1.54, 1.807) is 12.1 Å². The third kappa shape index (κ3) is 1.91. The van der Waals surface area contributed by atoms with Gasteiger partial charge < -0.3 is 4.52 Å². The van der Waals surface area contributed by atoms with Crippen molar-refractivity contribution in [2.75, 3.05) is 0 Å². The first-order valence-electron chi connectivity index (χ1n) is 5.45. The topological polar surface area (TPSA) is 69.2 Å².